The van der Waals surface area contributed by atoms with Gasteiger partial charge in [-0.2, -0.15) is 0 Å². The zero-order valence-electron chi connectivity index (χ0n) is 13.7. The van der Waals surface area contributed by atoms with Crippen LogP contribution in [0, 0.1) is 0 Å². The minimum absolute atomic E-state index is 0.426. The molecular formula is C16H24Cl2N2O2. The van der Waals surface area contributed by atoms with E-state index >= 15 is 0 Å². The Labute approximate surface area is 142 Å². The zero-order chi connectivity index (χ0) is 17.0. The Morgan fingerprint density at radius 1 is 1.09 bits per heavy atom. The summed E-state index contributed by atoms with van der Waals surface area (Å²) in [5.41, 5.74) is 0.0427. The van der Waals surface area contributed by atoms with Crippen LogP contribution in [0.1, 0.15) is 40.2 Å². The fraction of sp³-hybridized carbons (Fsp3) is 0.562. The maximum absolute atomic E-state index is 11.8. The van der Waals surface area contributed by atoms with Crippen LogP contribution < -0.4 is 10.6 Å². The van der Waals surface area contributed by atoms with Gasteiger partial charge in [-0.05, 0) is 58.4 Å². The number of amides is 1. The van der Waals surface area contributed by atoms with Gasteiger partial charge in [0.2, 0.25) is 0 Å². The molecule has 0 atom stereocenters. The SMILES string of the molecule is CC(C)(CNCc1cc(Cl)cc(Cl)c1)NC(=O)OC(C)(C)C. The van der Waals surface area contributed by atoms with E-state index in [9.17, 15) is 4.79 Å². The maximum atomic E-state index is 11.8. The molecule has 0 spiro atoms. The fourth-order valence-electron chi connectivity index (χ4n) is 1.86. The topological polar surface area (TPSA) is 50.4 Å². The molecule has 0 radical (unpaired) electrons. The first-order valence-electron chi connectivity index (χ1n) is 7.14. The average Bonchev–Trinajstić information content (AvgIpc) is 2.22. The molecule has 0 aromatic heterocycles. The molecule has 4 nitrogen and oxygen atoms in total. The Morgan fingerprint density at radius 2 is 1.64 bits per heavy atom. The monoisotopic (exact) mass is 346 g/mol. The van der Waals surface area contributed by atoms with Gasteiger partial charge in [-0.15, -0.1) is 0 Å². The third-order valence-corrected chi connectivity index (χ3v) is 3.09. The first-order valence-corrected chi connectivity index (χ1v) is 7.89. The van der Waals surface area contributed by atoms with E-state index in [1.165, 1.54) is 0 Å². The normalized spacial score (nSPS) is 12.1. The maximum Gasteiger partial charge on any atom is 0.408 e. The highest BCUT2D eigenvalue weighted by molar-refractivity contribution is 6.34. The van der Waals surface area contributed by atoms with Crippen molar-refractivity contribution in [1.82, 2.24) is 10.6 Å². The predicted octanol–water partition coefficient (Wildman–Crippen LogP) is 4.39. The third-order valence-electron chi connectivity index (χ3n) is 2.66. The Balaban J connectivity index is 2.46. The molecule has 0 bridgehead atoms. The van der Waals surface area contributed by atoms with Gasteiger partial charge in [0.1, 0.15) is 5.60 Å². The van der Waals surface area contributed by atoms with Gasteiger partial charge in [0, 0.05) is 23.1 Å². The standard InChI is InChI=1S/C16H24Cl2N2O2/c1-15(2,3)22-14(21)20-16(4,5)10-19-9-11-6-12(17)8-13(18)7-11/h6-8,19H,9-10H2,1-5H3,(H,20,21). The largest absolute Gasteiger partial charge is 0.444 e. The number of benzene rings is 1. The van der Waals surface area contributed by atoms with E-state index in [1.807, 2.05) is 46.8 Å². The highest BCUT2D eigenvalue weighted by atomic mass is 35.5. The van der Waals surface area contributed by atoms with E-state index < -0.39 is 17.2 Å². The van der Waals surface area contributed by atoms with Gasteiger partial charge in [-0.25, -0.2) is 4.79 Å². The number of hydrogen-bond donors (Lipinski definition) is 2. The van der Waals surface area contributed by atoms with Gasteiger partial charge < -0.3 is 15.4 Å². The third kappa shape index (κ3) is 7.87. The smallest absolute Gasteiger partial charge is 0.408 e. The lowest BCUT2D eigenvalue weighted by atomic mass is 10.1. The van der Waals surface area contributed by atoms with Crippen LogP contribution in [0.5, 0.6) is 0 Å². The molecule has 0 aliphatic carbocycles. The molecule has 0 unspecified atom stereocenters. The number of carbonyl (C=O) groups is 1. The van der Waals surface area contributed by atoms with Crippen LogP contribution in [0.25, 0.3) is 0 Å². The summed E-state index contributed by atoms with van der Waals surface area (Å²) >= 11 is 11.9. The van der Waals surface area contributed by atoms with E-state index in [0.717, 1.165) is 5.56 Å². The Hall–Kier alpha value is -0.970. The molecule has 0 aliphatic heterocycles. The van der Waals surface area contributed by atoms with Crippen LogP contribution in [0.3, 0.4) is 0 Å². The number of nitrogens with one attached hydrogen (secondary N) is 2. The summed E-state index contributed by atoms with van der Waals surface area (Å²) in [6, 6.07) is 5.41. The van der Waals surface area contributed by atoms with Gasteiger partial charge in [0.15, 0.2) is 0 Å². The highest BCUT2D eigenvalue weighted by Gasteiger charge is 2.24. The molecule has 1 amide bonds. The predicted molar refractivity (Wildman–Crippen MR) is 91.6 cm³/mol. The van der Waals surface area contributed by atoms with Crippen LogP contribution in [0.2, 0.25) is 10.0 Å². The molecule has 1 aromatic rings. The summed E-state index contributed by atoms with van der Waals surface area (Å²) in [5.74, 6) is 0. The summed E-state index contributed by atoms with van der Waals surface area (Å²) in [4.78, 5) is 11.8. The summed E-state index contributed by atoms with van der Waals surface area (Å²) < 4.78 is 5.26. The summed E-state index contributed by atoms with van der Waals surface area (Å²) in [7, 11) is 0. The number of halogens is 2. The second-order valence-corrected chi connectivity index (χ2v) is 7.76. The quantitative estimate of drug-likeness (QED) is 0.831. The van der Waals surface area contributed by atoms with E-state index in [4.69, 9.17) is 27.9 Å². The van der Waals surface area contributed by atoms with Crippen LogP contribution in [0.15, 0.2) is 18.2 Å². The molecule has 1 rings (SSSR count). The second kappa shape index (κ2) is 7.53. The number of carbonyl (C=O) groups excluding carboxylic acids is 1. The van der Waals surface area contributed by atoms with Gasteiger partial charge in [0.05, 0.1) is 5.54 Å². The van der Waals surface area contributed by atoms with Gasteiger partial charge >= 0.3 is 6.09 Å². The van der Waals surface area contributed by atoms with Crippen LogP contribution in [-0.4, -0.2) is 23.8 Å². The molecule has 0 saturated heterocycles. The lowest BCUT2D eigenvalue weighted by molar-refractivity contribution is 0.0472. The van der Waals surface area contributed by atoms with Crippen molar-refractivity contribution in [3.05, 3.63) is 33.8 Å². The van der Waals surface area contributed by atoms with E-state index in [2.05, 4.69) is 10.6 Å². The Morgan fingerprint density at radius 3 is 2.14 bits per heavy atom. The summed E-state index contributed by atoms with van der Waals surface area (Å²) in [6.07, 6.45) is -0.426. The van der Waals surface area contributed by atoms with Crippen molar-refractivity contribution in [2.45, 2.75) is 52.3 Å². The lowest BCUT2D eigenvalue weighted by Crippen LogP contribution is -2.51. The highest BCUT2D eigenvalue weighted by Crippen LogP contribution is 2.19. The van der Waals surface area contributed by atoms with Crippen molar-refractivity contribution >= 4 is 29.3 Å². The first kappa shape index (κ1) is 19.1. The molecule has 22 heavy (non-hydrogen) atoms. The van der Waals surface area contributed by atoms with Crippen molar-refractivity contribution in [2.24, 2.45) is 0 Å². The van der Waals surface area contributed by atoms with Crippen molar-refractivity contribution in [3.63, 3.8) is 0 Å². The summed E-state index contributed by atoms with van der Waals surface area (Å²) in [6.45, 7) is 10.5. The van der Waals surface area contributed by atoms with Crippen LogP contribution in [0.4, 0.5) is 4.79 Å². The minimum atomic E-state index is -0.509. The number of hydrogen-bond acceptors (Lipinski definition) is 3. The molecule has 0 heterocycles. The summed E-state index contributed by atoms with van der Waals surface area (Å²) in [5, 5.41) is 7.34. The van der Waals surface area contributed by atoms with Gasteiger partial charge in [-0.1, -0.05) is 23.2 Å². The number of alkyl carbamates (subject to hydrolysis) is 1. The van der Waals surface area contributed by atoms with E-state index in [0.29, 0.717) is 23.1 Å². The van der Waals surface area contributed by atoms with Gasteiger partial charge in [0.25, 0.3) is 0 Å². The van der Waals surface area contributed by atoms with Crippen LogP contribution in [-0.2, 0) is 11.3 Å². The van der Waals surface area contributed by atoms with Crippen molar-refractivity contribution in [1.29, 1.82) is 0 Å². The molecular weight excluding hydrogens is 323 g/mol. The second-order valence-electron chi connectivity index (χ2n) is 6.89. The van der Waals surface area contributed by atoms with Crippen molar-refractivity contribution in [3.8, 4) is 0 Å². The van der Waals surface area contributed by atoms with E-state index in [-0.39, 0.29) is 0 Å². The van der Waals surface area contributed by atoms with Crippen LogP contribution >= 0.6 is 23.2 Å². The Bertz CT molecular complexity index is 505. The minimum Gasteiger partial charge on any atom is -0.444 e. The van der Waals surface area contributed by atoms with Crippen molar-refractivity contribution < 1.29 is 9.53 Å². The molecule has 2 N–H and O–H groups in total. The zero-order valence-corrected chi connectivity index (χ0v) is 15.2. The first-order chi connectivity index (χ1) is 9.97. The number of ether oxygens (including phenoxy) is 1. The fourth-order valence-corrected chi connectivity index (χ4v) is 2.43. The lowest BCUT2D eigenvalue weighted by Gasteiger charge is -2.29. The molecule has 1 aromatic carbocycles. The molecule has 0 aliphatic rings. The van der Waals surface area contributed by atoms with E-state index in [1.54, 1.807) is 6.07 Å². The molecule has 0 saturated carbocycles. The average molecular weight is 347 g/mol. The molecule has 6 heteroatoms. The molecule has 124 valence electrons. The molecule has 0 fully saturated rings. The van der Waals surface area contributed by atoms with Gasteiger partial charge in [-0.3, -0.25) is 0 Å². The van der Waals surface area contributed by atoms with Crippen molar-refractivity contribution in [2.75, 3.05) is 6.54 Å². The Kier molecular flexibility index (Phi) is 6.53. The number of rotatable bonds is 5.